The zero-order valence-corrected chi connectivity index (χ0v) is 20.3. The third-order valence-electron chi connectivity index (χ3n) is 6.00. The largest absolute Gasteiger partial charge is 0.497 e. The van der Waals surface area contributed by atoms with E-state index in [1.807, 2.05) is 47.4 Å². The van der Waals surface area contributed by atoms with Crippen molar-refractivity contribution in [2.24, 2.45) is 0 Å². The van der Waals surface area contributed by atoms with E-state index in [0.29, 0.717) is 39.4 Å². The molecule has 9 nitrogen and oxygen atoms in total. The standard InChI is InChI=1S/C26H22N4O5S/c1-33-18-9-10-22(34-2)20(15-18)29-25(24(28-26(29)36)19-8-3-4-13-27-19)23-12-11-21(35-23)16-6-5-7-17(14-16)30(31)32/h3-15,24-25H,1-2H3,(H,28,36). The fraction of sp³-hybridized carbons (Fsp3) is 0.154. The minimum absolute atomic E-state index is 0.0109. The van der Waals surface area contributed by atoms with Gasteiger partial charge in [-0.1, -0.05) is 18.2 Å². The molecule has 5 rings (SSSR count). The average Bonchev–Trinajstić information content (AvgIpc) is 3.53. The molecule has 0 bridgehead atoms. The van der Waals surface area contributed by atoms with Crippen LogP contribution >= 0.6 is 12.2 Å². The summed E-state index contributed by atoms with van der Waals surface area (Å²) in [7, 11) is 3.19. The third-order valence-corrected chi connectivity index (χ3v) is 6.32. The van der Waals surface area contributed by atoms with Gasteiger partial charge in [0.1, 0.15) is 29.1 Å². The molecule has 1 fully saturated rings. The number of aromatic nitrogens is 1. The maximum Gasteiger partial charge on any atom is 0.270 e. The van der Waals surface area contributed by atoms with Gasteiger partial charge in [-0.15, -0.1) is 0 Å². The smallest absolute Gasteiger partial charge is 0.270 e. The van der Waals surface area contributed by atoms with Crippen LogP contribution in [0.5, 0.6) is 11.5 Å². The number of non-ortho nitro benzene ring substituents is 1. The van der Waals surface area contributed by atoms with Gasteiger partial charge in [0.05, 0.1) is 36.6 Å². The van der Waals surface area contributed by atoms with Gasteiger partial charge in [0.25, 0.3) is 5.69 Å². The molecule has 2 aromatic heterocycles. The second-order valence-corrected chi connectivity index (χ2v) is 8.43. The average molecular weight is 503 g/mol. The summed E-state index contributed by atoms with van der Waals surface area (Å²) in [6.07, 6.45) is 1.72. The first-order chi connectivity index (χ1) is 17.5. The predicted molar refractivity (Wildman–Crippen MR) is 138 cm³/mol. The van der Waals surface area contributed by atoms with Crippen LogP contribution in [0.25, 0.3) is 11.3 Å². The summed E-state index contributed by atoms with van der Waals surface area (Å²) in [4.78, 5) is 17.3. The highest BCUT2D eigenvalue weighted by Crippen LogP contribution is 2.46. The Bertz CT molecular complexity index is 1420. The van der Waals surface area contributed by atoms with Gasteiger partial charge in [-0.05, 0) is 48.6 Å². The summed E-state index contributed by atoms with van der Waals surface area (Å²) in [5.41, 5.74) is 2.07. The van der Waals surface area contributed by atoms with Gasteiger partial charge >= 0.3 is 0 Å². The van der Waals surface area contributed by atoms with Gasteiger partial charge in [-0.25, -0.2) is 0 Å². The molecular weight excluding hydrogens is 480 g/mol. The van der Waals surface area contributed by atoms with Crippen molar-refractivity contribution in [2.75, 3.05) is 19.1 Å². The molecule has 0 radical (unpaired) electrons. The van der Waals surface area contributed by atoms with Crippen molar-refractivity contribution in [3.05, 3.63) is 101 Å². The Morgan fingerprint density at radius 2 is 1.92 bits per heavy atom. The van der Waals surface area contributed by atoms with Gasteiger partial charge in [0.2, 0.25) is 0 Å². The van der Waals surface area contributed by atoms with Crippen molar-refractivity contribution >= 4 is 28.7 Å². The molecule has 0 aliphatic carbocycles. The van der Waals surface area contributed by atoms with Gasteiger partial charge in [-0.2, -0.15) is 0 Å². The number of furan rings is 1. The number of thiocarbonyl (C=S) groups is 1. The molecule has 0 spiro atoms. The lowest BCUT2D eigenvalue weighted by molar-refractivity contribution is -0.384. The molecule has 2 unspecified atom stereocenters. The van der Waals surface area contributed by atoms with Crippen LogP contribution in [0.2, 0.25) is 0 Å². The lowest BCUT2D eigenvalue weighted by Crippen LogP contribution is -2.29. The first-order valence-electron chi connectivity index (χ1n) is 11.1. The Kier molecular flexibility index (Phi) is 6.26. The Morgan fingerprint density at radius 1 is 1.06 bits per heavy atom. The maximum atomic E-state index is 11.3. The second-order valence-electron chi connectivity index (χ2n) is 8.04. The maximum absolute atomic E-state index is 11.3. The molecule has 36 heavy (non-hydrogen) atoms. The number of hydrogen-bond donors (Lipinski definition) is 1. The number of nitrogens with zero attached hydrogens (tertiary/aromatic N) is 3. The normalized spacial score (nSPS) is 17.1. The molecule has 0 saturated carbocycles. The molecular formula is C26H22N4O5S. The zero-order chi connectivity index (χ0) is 25.2. The quantitative estimate of drug-likeness (QED) is 0.201. The van der Waals surface area contributed by atoms with Gasteiger partial charge in [-0.3, -0.25) is 15.1 Å². The van der Waals surface area contributed by atoms with Crippen LogP contribution < -0.4 is 19.7 Å². The molecule has 10 heteroatoms. The fourth-order valence-electron chi connectivity index (χ4n) is 4.33. The number of methoxy groups -OCH3 is 2. The van der Waals surface area contributed by atoms with Crippen molar-refractivity contribution < 1.29 is 18.8 Å². The summed E-state index contributed by atoms with van der Waals surface area (Å²) >= 11 is 5.78. The summed E-state index contributed by atoms with van der Waals surface area (Å²) in [6, 6.07) is 20.4. The Labute approximate surface area is 212 Å². The Morgan fingerprint density at radius 3 is 2.64 bits per heavy atom. The molecule has 0 amide bonds. The predicted octanol–water partition coefficient (Wildman–Crippen LogP) is 5.44. The number of benzene rings is 2. The summed E-state index contributed by atoms with van der Waals surface area (Å²) in [6.45, 7) is 0. The first-order valence-corrected chi connectivity index (χ1v) is 11.5. The van der Waals surface area contributed by atoms with Gasteiger partial charge < -0.3 is 24.1 Å². The monoisotopic (exact) mass is 502 g/mol. The number of rotatable bonds is 7. The van der Waals surface area contributed by atoms with E-state index in [1.165, 1.54) is 12.1 Å². The number of hydrogen-bond acceptors (Lipinski definition) is 7. The molecule has 1 aliphatic rings. The van der Waals surface area contributed by atoms with E-state index in [0.717, 1.165) is 5.69 Å². The van der Waals surface area contributed by atoms with Crippen molar-refractivity contribution in [1.29, 1.82) is 0 Å². The van der Waals surface area contributed by atoms with Gasteiger partial charge in [0, 0.05) is 30.0 Å². The highest BCUT2D eigenvalue weighted by atomic mass is 32.1. The number of pyridine rings is 1. The number of nitro benzene ring substituents is 1. The Hall–Kier alpha value is -4.44. The lowest BCUT2D eigenvalue weighted by atomic mass is 10.0. The molecule has 1 saturated heterocycles. The van der Waals surface area contributed by atoms with E-state index in [1.54, 1.807) is 38.6 Å². The molecule has 4 aromatic rings. The highest BCUT2D eigenvalue weighted by Gasteiger charge is 2.43. The van der Waals surface area contributed by atoms with Crippen molar-refractivity contribution in [1.82, 2.24) is 10.3 Å². The highest BCUT2D eigenvalue weighted by molar-refractivity contribution is 7.80. The first kappa shape index (κ1) is 23.3. The van der Waals surface area contributed by atoms with Crippen LogP contribution in [0.4, 0.5) is 11.4 Å². The van der Waals surface area contributed by atoms with Crippen molar-refractivity contribution in [3.63, 3.8) is 0 Å². The zero-order valence-electron chi connectivity index (χ0n) is 19.5. The Balaban J connectivity index is 1.63. The molecule has 3 heterocycles. The molecule has 1 aliphatic heterocycles. The van der Waals surface area contributed by atoms with Crippen LogP contribution in [0.3, 0.4) is 0 Å². The molecule has 2 aromatic carbocycles. The molecule has 2 atom stereocenters. The number of nitrogens with one attached hydrogen (secondary N) is 1. The van der Waals surface area contributed by atoms with E-state index in [-0.39, 0.29) is 11.7 Å². The van der Waals surface area contributed by atoms with Crippen LogP contribution in [0, 0.1) is 10.1 Å². The van der Waals surface area contributed by atoms with E-state index in [2.05, 4.69) is 10.3 Å². The van der Waals surface area contributed by atoms with Gasteiger partial charge in [0.15, 0.2) is 5.11 Å². The summed E-state index contributed by atoms with van der Waals surface area (Å²) < 4.78 is 17.4. The SMILES string of the molecule is COc1ccc(OC)c(N2C(=S)NC(c3ccccn3)C2c2ccc(-c3cccc([N+](=O)[O-])c3)o2)c1. The summed E-state index contributed by atoms with van der Waals surface area (Å²) in [5, 5.41) is 15.1. The van der Waals surface area contributed by atoms with Crippen LogP contribution in [0.15, 0.2) is 83.4 Å². The molecule has 1 N–H and O–H groups in total. The van der Waals surface area contributed by atoms with Crippen molar-refractivity contribution in [3.8, 4) is 22.8 Å². The number of nitro groups is 1. The van der Waals surface area contributed by atoms with E-state index < -0.39 is 11.0 Å². The van der Waals surface area contributed by atoms with Crippen LogP contribution in [-0.2, 0) is 0 Å². The van der Waals surface area contributed by atoms with E-state index >= 15 is 0 Å². The van der Waals surface area contributed by atoms with Crippen molar-refractivity contribution in [2.45, 2.75) is 12.1 Å². The lowest BCUT2D eigenvalue weighted by Gasteiger charge is -2.27. The number of anilines is 1. The minimum atomic E-state index is -0.430. The third kappa shape index (κ3) is 4.22. The second kappa shape index (κ2) is 9.67. The topological polar surface area (TPSA) is 103 Å². The van der Waals surface area contributed by atoms with E-state index in [9.17, 15) is 10.1 Å². The fourth-order valence-corrected chi connectivity index (χ4v) is 4.67. The summed E-state index contributed by atoms with van der Waals surface area (Å²) in [5.74, 6) is 2.36. The van der Waals surface area contributed by atoms with E-state index in [4.69, 9.17) is 26.1 Å². The molecule has 182 valence electrons. The van der Waals surface area contributed by atoms with Crippen LogP contribution in [-0.4, -0.2) is 29.2 Å². The van der Waals surface area contributed by atoms with Crippen LogP contribution in [0.1, 0.15) is 23.5 Å². The minimum Gasteiger partial charge on any atom is -0.497 e. The number of ether oxygens (including phenoxy) is 2.